The number of rotatable bonds is 5. The van der Waals surface area contributed by atoms with Gasteiger partial charge in [0, 0.05) is 48.6 Å². The molecule has 17 nitrogen and oxygen atoms in total. The lowest BCUT2D eigenvalue weighted by Gasteiger charge is -2.33. The second kappa shape index (κ2) is 14.4. The molecular formula is C45H32N7O10S. The maximum Gasteiger partial charge on any atom is 0.419 e. The van der Waals surface area contributed by atoms with E-state index in [9.17, 15) is 14.4 Å². The van der Waals surface area contributed by atoms with Gasteiger partial charge in [0.25, 0.3) is 5.91 Å². The summed E-state index contributed by atoms with van der Waals surface area (Å²) in [6.07, 6.45) is 4.39. The molecule has 12 rings (SSSR count). The molecule has 3 aromatic carbocycles. The third-order valence-electron chi connectivity index (χ3n) is 11.3. The van der Waals surface area contributed by atoms with E-state index in [-0.39, 0.29) is 36.7 Å². The topological polar surface area (TPSA) is 182 Å². The lowest BCUT2D eigenvalue weighted by Crippen LogP contribution is -2.36. The third-order valence-corrected chi connectivity index (χ3v) is 12.3. The van der Waals surface area contributed by atoms with Crippen LogP contribution in [0.4, 0.5) is 28.4 Å². The monoisotopic (exact) mass is 862 g/mol. The number of aryl methyl sites for hydroxylation is 1. The van der Waals surface area contributed by atoms with Crippen LogP contribution in [-0.2, 0) is 16.6 Å². The number of anilines is 5. The minimum Gasteiger partial charge on any atom is -0.490 e. The van der Waals surface area contributed by atoms with E-state index in [1.54, 1.807) is 66.9 Å². The Hall–Kier alpha value is -7.73. The Labute approximate surface area is 361 Å². The number of nitrogens with one attached hydrogen (secondary N) is 1. The normalized spacial score (nSPS) is 17.3. The van der Waals surface area contributed by atoms with Gasteiger partial charge in [0.05, 0.1) is 52.1 Å². The van der Waals surface area contributed by atoms with Gasteiger partial charge in [-0.1, -0.05) is 17.8 Å². The Morgan fingerprint density at radius 2 is 1.59 bits per heavy atom. The Morgan fingerprint density at radius 3 is 2.51 bits per heavy atom. The number of hydrogen-bond donors (Lipinski definition) is 1. The van der Waals surface area contributed by atoms with Crippen molar-refractivity contribution >= 4 is 63.1 Å². The largest absolute Gasteiger partial charge is 0.490 e. The van der Waals surface area contributed by atoms with Crippen LogP contribution in [0.3, 0.4) is 0 Å². The van der Waals surface area contributed by atoms with Crippen LogP contribution in [0.25, 0.3) is 33.4 Å². The first-order chi connectivity index (χ1) is 30.8. The molecule has 0 aliphatic carbocycles. The van der Waals surface area contributed by atoms with E-state index in [1.165, 1.54) is 21.2 Å². The van der Waals surface area contributed by atoms with Gasteiger partial charge in [-0.25, -0.2) is 14.8 Å². The van der Waals surface area contributed by atoms with Gasteiger partial charge in [-0.3, -0.25) is 28.9 Å². The quantitative estimate of drug-likeness (QED) is 0.202. The highest BCUT2D eigenvalue weighted by Crippen LogP contribution is 2.48. The third kappa shape index (κ3) is 6.15. The summed E-state index contributed by atoms with van der Waals surface area (Å²) >= 11 is 1.32. The van der Waals surface area contributed by atoms with Gasteiger partial charge >= 0.3 is 5.76 Å². The number of aromatic nitrogens is 4. The van der Waals surface area contributed by atoms with E-state index in [4.69, 9.17) is 37.8 Å². The fourth-order valence-corrected chi connectivity index (χ4v) is 9.19. The number of pyridine rings is 3. The van der Waals surface area contributed by atoms with Gasteiger partial charge in [-0.05, 0) is 54.1 Å². The fourth-order valence-electron chi connectivity index (χ4n) is 8.37. The molecule has 7 aromatic rings. The number of thioether (sulfide) groups is 1. The Balaban J connectivity index is 0.903. The average Bonchev–Trinajstić information content (AvgIpc) is 3.62. The summed E-state index contributed by atoms with van der Waals surface area (Å²) in [5, 5.41) is 4.01. The number of carbonyl (C=O) groups excluding carboxylic acids is 2. The number of benzene rings is 3. The Morgan fingerprint density at radius 1 is 0.746 bits per heavy atom. The summed E-state index contributed by atoms with van der Waals surface area (Å²) in [5.74, 6) is 2.06. The van der Waals surface area contributed by atoms with Crippen LogP contribution in [0.1, 0.15) is 11.8 Å². The van der Waals surface area contributed by atoms with Crippen LogP contribution < -0.4 is 49.3 Å². The molecule has 1 radical (unpaired) electrons. The summed E-state index contributed by atoms with van der Waals surface area (Å²) in [6.45, 7) is 2.02. The molecule has 63 heavy (non-hydrogen) atoms. The molecule has 0 saturated carbocycles. The summed E-state index contributed by atoms with van der Waals surface area (Å²) in [6, 6.07) is 21.4. The van der Waals surface area contributed by atoms with Crippen molar-refractivity contribution in [1.82, 2.24) is 19.5 Å². The molecule has 0 saturated heterocycles. The molecule has 2 amide bonds. The molecule has 9 heterocycles. The summed E-state index contributed by atoms with van der Waals surface area (Å²) < 4.78 is 42.6. The minimum absolute atomic E-state index is 0.116. The molecule has 0 spiro atoms. The van der Waals surface area contributed by atoms with Crippen molar-refractivity contribution in [3.05, 3.63) is 102 Å². The molecule has 1 atom stereocenters. The zero-order valence-corrected chi connectivity index (χ0v) is 34.0. The molecule has 313 valence electrons. The highest BCUT2D eigenvalue weighted by molar-refractivity contribution is 8.00. The Bertz CT molecular complexity index is 3150. The zero-order chi connectivity index (χ0) is 42.3. The summed E-state index contributed by atoms with van der Waals surface area (Å²) in [7, 11) is 1.66. The van der Waals surface area contributed by atoms with E-state index in [1.807, 2.05) is 24.3 Å². The van der Waals surface area contributed by atoms with Crippen molar-refractivity contribution in [1.29, 1.82) is 0 Å². The van der Waals surface area contributed by atoms with Crippen molar-refractivity contribution < 1.29 is 42.4 Å². The van der Waals surface area contributed by atoms with Gasteiger partial charge in [0.2, 0.25) is 11.8 Å². The van der Waals surface area contributed by atoms with Crippen LogP contribution in [0.5, 0.6) is 34.6 Å². The number of oxazole rings is 1. The van der Waals surface area contributed by atoms with Gasteiger partial charge < -0.3 is 38.2 Å². The fraction of sp³-hybridized carbons (Fsp3) is 0.200. The maximum absolute atomic E-state index is 14.0. The highest BCUT2D eigenvalue weighted by atomic mass is 32.2. The van der Waals surface area contributed by atoms with Crippen LogP contribution in [0.2, 0.25) is 0 Å². The molecular weight excluding hydrogens is 831 g/mol. The number of nitrogens with zero attached hydrogens (tertiary/aromatic N) is 6. The van der Waals surface area contributed by atoms with Crippen molar-refractivity contribution in [2.45, 2.75) is 11.1 Å². The van der Waals surface area contributed by atoms with E-state index >= 15 is 0 Å². The molecule has 0 fully saturated rings. The standard InChI is InChI=1S/C45H32N7O10S/c1-50-42-34(62-45(50)55)7-4-27(41(42)23-2-5-32-28(12-23)46-8-9-56-32)24-13-31-44(49-17-24)63-22-40(54)52(31)26-14-30-43(48-18-26)60-21-39(53)51(30)25-3-6-33-35(15-25)59-20-38(61-33)29-16-36-37(19-47-29)58-11-10-57-36/h2-3,5-7,12-19,38,46H,8-11,20-22H2,1H3. The van der Waals surface area contributed by atoms with Crippen LogP contribution in [0.15, 0.2) is 93.5 Å². The molecule has 1 N–H and O–H groups in total. The predicted molar refractivity (Wildman–Crippen MR) is 228 cm³/mol. The Kier molecular flexibility index (Phi) is 8.50. The van der Waals surface area contributed by atoms with E-state index in [2.05, 4.69) is 21.4 Å². The SMILES string of the molecule is Cn1c(=O)oc2c[c]c(-c3cnc4c(c3)N(c3cnc5c(c3)N(c3ccc6c(c3)OCC(c3cc7c(cn3)OCCO7)O6)C(=O)CO5)C(=O)CS4)c(-c3ccc4c(c3)NCCO4)c21. The van der Waals surface area contributed by atoms with Crippen molar-refractivity contribution in [3.8, 4) is 56.9 Å². The van der Waals surface area contributed by atoms with Crippen molar-refractivity contribution in [3.63, 3.8) is 0 Å². The number of carbonyl (C=O) groups is 2. The van der Waals surface area contributed by atoms with Crippen LogP contribution in [0, 0.1) is 6.07 Å². The smallest absolute Gasteiger partial charge is 0.419 e. The van der Waals surface area contributed by atoms with Crippen molar-refractivity contribution in [2.75, 3.05) is 60.4 Å². The number of fused-ring (bicyclic) bond motifs is 6. The molecule has 4 aromatic heterocycles. The first-order valence-electron chi connectivity index (χ1n) is 20.0. The molecule has 0 bridgehead atoms. The zero-order valence-electron chi connectivity index (χ0n) is 33.2. The second-order valence-electron chi connectivity index (χ2n) is 15.1. The average molecular weight is 863 g/mol. The van der Waals surface area contributed by atoms with Crippen molar-refractivity contribution in [2.24, 2.45) is 7.05 Å². The first-order valence-corrected chi connectivity index (χ1v) is 21.0. The van der Waals surface area contributed by atoms with Gasteiger partial charge in [-0.2, -0.15) is 0 Å². The second-order valence-corrected chi connectivity index (χ2v) is 16.0. The number of amides is 2. The summed E-state index contributed by atoms with van der Waals surface area (Å²) in [5.41, 5.74) is 6.88. The van der Waals surface area contributed by atoms with E-state index in [0.29, 0.717) is 111 Å². The minimum atomic E-state index is -0.514. The lowest BCUT2D eigenvalue weighted by molar-refractivity contribution is -0.120. The van der Waals surface area contributed by atoms with Crippen LogP contribution >= 0.6 is 11.8 Å². The molecule has 5 aliphatic rings. The molecule has 18 heteroatoms. The molecule has 5 aliphatic heterocycles. The lowest BCUT2D eigenvalue weighted by atomic mass is 9.93. The van der Waals surface area contributed by atoms with Gasteiger partial charge in [-0.15, -0.1) is 0 Å². The van der Waals surface area contributed by atoms with E-state index < -0.39 is 11.9 Å². The van der Waals surface area contributed by atoms with Gasteiger partial charge in [0.1, 0.15) is 42.9 Å². The first kappa shape index (κ1) is 37.1. The molecule has 1 unspecified atom stereocenters. The van der Waals surface area contributed by atoms with Gasteiger partial charge in [0.15, 0.2) is 41.3 Å². The van der Waals surface area contributed by atoms with Crippen LogP contribution in [-0.4, -0.2) is 76.7 Å². The maximum atomic E-state index is 14.0. The summed E-state index contributed by atoms with van der Waals surface area (Å²) in [4.78, 5) is 57.6. The number of hydrogen-bond acceptors (Lipinski definition) is 15. The van der Waals surface area contributed by atoms with E-state index in [0.717, 1.165) is 17.0 Å². The highest BCUT2D eigenvalue weighted by Gasteiger charge is 2.35. The predicted octanol–water partition coefficient (Wildman–Crippen LogP) is 6.37. The number of ether oxygens (including phenoxy) is 6.